The van der Waals surface area contributed by atoms with Crippen molar-refractivity contribution in [2.45, 2.75) is 13.0 Å². The highest BCUT2D eigenvalue weighted by Gasteiger charge is 2.35. The lowest BCUT2D eigenvalue weighted by Crippen LogP contribution is -2.61. The highest BCUT2D eigenvalue weighted by atomic mass is 79.9. The quantitative estimate of drug-likeness (QED) is 0.789. The fraction of sp³-hybridized carbons (Fsp3) is 0.300. The Bertz CT molecular complexity index is 436. The molecule has 0 bridgehead atoms. The third-order valence-electron chi connectivity index (χ3n) is 2.49. The summed E-state index contributed by atoms with van der Waals surface area (Å²) in [5.74, 6) is -0.440. The van der Waals surface area contributed by atoms with Crippen LogP contribution in [0.1, 0.15) is 5.56 Å². The Labute approximate surface area is 95.2 Å². The summed E-state index contributed by atoms with van der Waals surface area (Å²) in [5, 5.41) is 0. The zero-order valence-corrected chi connectivity index (χ0v) is 9.71. The van der Waals surface area contributed by atoms with Gasteiger partial charge in [-0.1, -0.05) is 0 Å². The van der Waals surface area contributed by atoms with Crippen LogP contribution in [0.3, 0.4) is 0 Å². The first-order valence-electron chi connectivity index (χ1n) is 4.53. The molecule has 0 aromatic heterocycles. The molecule has 1 saturated heterocycles. The second-order valence-corrected chi connectivity index (χ2v) is 4.46. The number of hydrogen-bond acceptors (Lipinski definition) is 2. The number of hydrogen-bond donors (Lipinski definition) is 1. The van der Waals surface area contributed by atoms with Gasteiger partial charge in [0, 0.05) is 5.69 Å². The molecule has 0 aliphatic carbocycles. The minimum absolute atomic E-state index is 0.114. The van der Waals surface area contributed by atoms with E-state index in [4.69, 9.17) is 5.73 Å². The summed E-state index contributed by atoms with van der Waals surface area (Å²) in [6.07, 6.45) is 0. The van der Waals surface area contributed by atoms with E-state index >= 15 is 0 Å². The Morgan fingerprint density at radius 1 is 1.60 bits per heavy atom. The fourth-order valence-electron chi connectivity index (χ4n) is 1.60. The molecular formula is C10H10BrFN2O. The standard InChI is InChI=1S/C10H10BrFN2O/c1-5-2-7(12)6(11)3-9(5)14-4-8(13)10(14)15/h2-3,8H,4,13H2,1H3. The third kappa shape index (κ3) is 1.66. The van der Waals surface area contributed by atoms with Gasteiger partial charge in [-0.3, -0.25) is 4.79 Å². The molecular weight excluding hydrogens is 263 g/mol. The summed E-state index contributed by atoms with van der Waals surface area (Å²) in [4.78, 5) is 13.0. The Hall–Kier alpha value is -0.940. The average Bonchev–Trinajstić information content (AvgIpc) is 2.20. The van der Waals surface area contributed by atoms with Crippen LogP contribution in [0.2, 0.25) is 0 Å². The van der Waals surface area contributed by atoms with E-state index in [0.717, 1.165) is 11.3 Å². The van der Waals surface area contributed by atoms with Gasteiger partial charge < -0.3 is 10.6 Å². The molecule has 1 aromatic carbocycles. The number of amides is 1. The van der Waals surface area contributed by atoms with Crippen molar-refractivity contribution in [3.05, 3.63) is 28.0 Å². The van der Waals surface area contributed by atoms with Crippen LogP contribution in [-0.2, 0) is 4.79 Å². The Balaban J connectivity index is 2.37. The fourth-order valence-corrected chi connectivity index (χ4v) is 1.93. The lowest BCUT2D eigenvalue weighted by molar-refractivity contribution is -0.123. The topological polar surface area (TPSA) is 46.3 Å². The van der Waals surface area contributed by atoms with Gasteiger partial charge in [-0.15, -0.1) is 0 Å². The van der Waals surface area contributed by atoms with Crippen molar-refractivity contribution in [2.75, 3.05) is 11.4 Å². The number of rotatable bonds is 1. The number of benzene rings is 1. The molecule has 1 aliphatic heterocycles. The maximum absolute atomic E-state index is 13.1. The monoisotopic (exact) mass is 272 g/mol. The Morgan fingerprint density at radius 2 is 2.27 bits per heavy atom. The molecule has 80 valence electrons. The van der Waals surface area contributed by atoms with Crippen molar-refractivity contribution in [1.82, 2.24) is 0 Å². The molecule has 0 radical (unpaired) electrons. The van der Waals surface area contributed by atoms with Gasteiger partial charge >= 0.3 is 0 Å². The van der Waals surface area contributed by atoms with Crippen LogP contribution < -0.4 is 10.6 Å². The third-order valence-corrected chi connectivity index (χ3v) is 3.10. The van der Waals surface area contributed by atoms with Crippen LogP contribution in [0.25, 0.3) is 0 Å². The molecule has 1 atom stereocenters. The van der Waals surface area contributed by atoms with Crippen LogP contribution in [0.15, 0.2) is 16.6 Å². The molecule has 5 heteroatoms. The first-order valence-corrected chi connectivity index (χ1v) is 5.32. The van der Waals surface area contributed by atoms with E-state index in [1.54, 1.807) is 17.9 Å². The van der Waals surface area contributed by atoms with Gasteiger partial charge in [0.15, 0.2) is 0 Å². The van der Waals surface area contributed by atoms with E-state index in [-0.39, 0.29) is 11.7 Å². The average molecular weight is 273 g/mol. The number of aryl methyl sites for hydroxylation is 1. The summed E-state index contributed by atoms with van der Waals surface area (Å²) >= 11 is 3.09. The van der Waals surface area contributed by atoms with Crippen LogP contribution in [-0.4, -0.2) is 18.5 Å². The van der Waals surface area contributed by atoms with E-state index in [2.05, 4.69) is 15.9 Å². The van der Waals surface area contributed by atoms with E-state index in [0.29, 0.717) is 11.0 Å². The minimum atomic E-state index is -0.409. The van der Waals surface area contributed by atoms with E-state index in [9.17, 15) is 9.18 Å². The summed E-state index contributed by atoms with van der Waals surface area (Å²) in [6.45, 7) is 2.26. The van der Waals surface area contributed by atoms with Crippen molar-refractivity contribution < 1.29 is 9.18 Å². The number of β-lactam (4-membered cyclic amide) rings is 1. The maximum atomic E-state index is 13.1. The summed E-state index contributed by atoms with van der Waals surface area (Å²) in [6, 6.07) is 2.60. The number of carbonyl (C=O) groups excluding carboxylic acids is 1. The number of nitrogens with two attached hydrogens (primary N) is 1. The molecule has 1 amide bonds. The molecule has 3 nitrogen and oxygen atoms in total. The highest BCUT2D eigenvalue weighted by Crippen LogP contribution is 2.30. The predicted octanol–water partition coefficient (Wildman–Crippen LogP) is 1.57. The second-order valence-electron chi connectivity index (χ2n) is 3.61. The molecule has 1 fully saturated rings. The van der Waals surface area contributed by atoms with Gasteiger partial charge in [0.25, 0.3) is 0 Å². The van der Waals surface area contributed by atoms with E-state index in [1.807, 2.05) is 0 Å². The number of halogens is 2. The molecule has 1 heterocycles. The molecule has 1 aliphatic rings. The number of anilines is 1. The number of carbonyl (C=O) groups is 1. The van der Waals surface area contributed by atoms with Crippen LogP contribution >= 0.6 is 15.9 Å². The zero-order chi connectivity index (χ0) is 11.2. The summed E-state index contributed by atoms with van der Waals surface area (Å²) in [5.41, 5.74) is 6.94. The van der Waals surface area contributed by atoms with Gasteiger partial charge in [-0.2, -0.15) is 0 Å². The van der Waals surface area contributed by atoms with Crippen LogP contribution in [0, 0.1) is 12.7 Å². The molecule has 0 spiro atoms. The van der Waals surface area contributed by atoms with E-state index in [1.165, 1.54) is 6.07 Å². The zero-order valence-electron chi connectivity index (χ0n) is 8.13. The second kappa shape index (κ2) is 3.57. The molecule has 0 saturated carbocycles. The highest BCUT2D eigenvalue weighted by molar-refractivity contribution is 9.10. The van der Waals surface area contributed by atoms with Gasteiger partial charge in [0.05, 0.1) is 11.0 Å². The van der Waals surface area contributed by atoms with Crippen LogP contribution in [0.5, 0.6) is 0 Å². The van der Waals surface area contributed by atoms with Crippen molar-refractivity contribution >= 4 is 27.5 Å². The smallest absolute Gasteiger partial charge is 0.245 e. The first kappa shape index (κ1) is 10.6. The SMILES string of the molecule is Cc1cc(F)c(Br)cc1N1CC(N)C1=O. The summed E-state index contributed by atoms with van der Waals surface area (Å²) < 4.78 is 13.5. The van der Waals surface area contributed by atoms with Gasteiger partial charge in [0.1, 0.15) is 11.9 Å². The molecule has 2 N–H and O–H groups in total. The largest absolute Gasteiger partial charge is 0.318 e. The van der Waals surface area contributed by atoms with Crippen molar-refractivity contribution in [3.63, 3.8) is 0 Å². The van der Waals surface area contributed by atoms with Crippen molar-refractivity contribution in [1.29, 1.82) is 0 Å². The van der Waals surface area contributed by atoms with Gasteiger partial charge in [-0.05, 0) is 40.5 Å². The van der Waals surface area contributed by atoms with Crippen molar-refractivity contribution in [3.8, 4) is 0 Å². The lowest BCUT2D eigenvalue weighted by Gasteiger charge is -2.37. The molecule has 1 unspecified atom stereocenters. The summed E-state index contributed by atoms with van der Waals surface area (Å²) in [7, 11) is 0. The van der Waals surface area contributed by atoms with Crippen molar-refractivity contribution in [2.24, 2.45) is 5.73 Å². The minimum Gasteiger partial charge on any atom is -0.318 e. The maximum Gasteiger partial charge on any atom is 0.245 e. The van der Waals surface area contributed by atoms with Gasteiger partial charge in [0.2, 0.25) is 5.91 Å². The first-order chi connectivity index (χ1) is 7.00. The Kier molecular flexibility index (Phi) is 2.52. The van der Waals surface area contributed by atoms with E-state index < -0.39 is 6.04 Å². The van der Waals surface area contributed by atoms with Crippen LogP contribution in [0.4, 0.5) is 10.1 Å². The molecule has 1 aromatic rings. The Morgan fingerprint density at radius 3 is 2.80 bits per heavy atom. The lowest BCUT2D eigenvalue weighted by atomic mass is 10.0. The molecule has 15 heavy (non-hydrogen) atoms. The normalized spacial score (nSPS) is 20.4. The van der Waals surface area contributed by atoms with Gasteiger partial charge in [-0.25, -0.2) is 4.39 Å². The predicted molar refractivity (Wildman–Crippen MR) is 59.2 cm³/mol. The molecule has 2 rings (SSSR count). The number of nitrogens with zero attached hydrogens (tertiary/aromatic N) is 1.